The van der Waals surface area contributed by atoms with Crippen LogP contribution in [0, 0.1) is 0 Å². The van der Waals surface area contributed by atoms with E-state index in [1.807, 2.05) is 0 Å². The van der Waals surface area contributed by atoms with Crippen LogP contribution in [0.2, 0.25) is 18.1 Å². The van der Waals surface area contributed by atoms with E-state index in [1.165, 1.54) is 56.8 Å². The van der Waals surface area contributed by atoms with Gasteiger partial charge in [-0.15, -0.1) is 0 Å². The molecule has 0 aliphatic carbocycles. The first-order valence-electron chi connectivity index (χ1n) is 8.33. The van der Waals surface area contributed by atoms with Crippen LogP contribution in [0.5, 0.6) is 0 Å². The summed E-state index contributed by atoms with van der Waals surface area (Å²) in [5.41, 5.74) is 0. The van der Waals surface area contributed by atoms with E-state index >= 15 is 0 Å². The lowest BCUT2D eigenvalue weighted by molar-refractivity contribution is -0.870. The highest BCUT2D eigenvalue weighted by Gasteiger charge is 2.33. The smallest absolute Gasteiger partial charge is 0.192 e. The maximum Gasteiger partial charge on any atom is 0.192 e. The lowest BCUT2D eigenvalue weighted by Gasteiger charge is -2.33. The van der Waals surface area contributed by atoms with Crippen LogP contribution in [-0.4, -0.2) is 47.1 Å². The predicted octanol–water partition coefficient (Wildman–Crippen LogP) is 4.66. The van der Waals surface area contributed by atoms with Gasteiger partial charge < -0.3 is 8.91 Å². The van der Waals surface area contributed by atoms with Crippen LogP contribution in [-0.2, 0) is 4.43 Å². The van der Waals surface area contributed by atoms with Crippen molar-refractivity contribution >= 4 is 8.32 Å². The van der Waals surface area contributed by atoms with E-state index in [1.54, 1.807) is 0 Å². The fourth-order valence-corrected chi connectivity index (χ4v) is 7.20. The molecule has 0 aromatic carbocycles. The zero-order chi connectivity index (χ0) is 14.8. The molecule has 0 aromatic heterocycles. The average Bonchev–Trinajstić information content (AvgIpc) is 2.28. The fraction of sp³-hybridized carbons (Fsp3) is 1.00. The molecule has 116 valence electrons. The summed E-state index contributed by atoms with van der Waals surface area (Å²) in [6.45, 7) is 9.18. The topological polar surface area (TPSA) is 9.23 Å². The van der Waals surface area contributed by atoms with Crippen molar-refractivity contribution in [3.05, 3.63) is 0 Å². The van der Waals surface area contributed by atoms with Gasteiger partial charge in [-0.1, -0.05) is 40.0 Å². The Morgan fingerprint density at radius 1 is 0.789 bits per heavy atom. The normalized spacial score (nSPS) is 12.9. The van der Waals surface area contributed by atoms with Crippen LogP contribution in [0.15, 0.2) is 0 Å². The molecule has 0 heterocycles. The number of hydrogen-bond donors (Lipinski definition) is 0. The molecule has 0 rings (SSSR count). The molecule has 0 atom stereocenters. The van der Waals surface area contributed by atoms with E-state index in [9.17, 15) is 0 Å². The highest BCUT2D eigenvalue weighted by Crippen LogP contribution is 2.28. The zero-order valence-corrected chi connectivity index (χ0v) is 15.4. The largest absolute Gasteiger partial charge is 0.417 e. The highest BCUT2D eigenvalue weighted by atomic mass is 28.4. The van der Waals surface area contributed by atoms with Gasteiger partial charge >= 0.3 is 0 Å². The number of unbranched alkanes of at least 4 members (excludes halogenated alkanes) is 1. The molecule has 0 fully saturated rings. The van der Waals surface area contributed by atoms with Crippen LogP contribution in [0.3, 0.4) is 0 Å². The Kier molecular flexibility index (Phi) is 10.0. The summed E-state index contributed by atoms with van der Waals surface area (Å²) in [6, 6.07) is 4.09. The van der Waals surface area contributed by atoms with E-state index in [-0.39, 0.29) is 0 Å². The van der Waals surface area contributed by atoms with Crippen LogP contribution >= 0.6 is 0 Å². The Bertz CT molecular complexity index is 207. The molecule has 0 saturated carbocycles. The van der Waals surface area contributed by atoms with Crippen molar-refractivity contribution in [2.75, 3.05) is 34.3 Å². The van der Waals surface area contributed by atoms with Gasteiger partial charge in [0.2, 0.25) is 0 Å². The van der Waals surface area contributed by atoms with Crippen molar-refractivity contribution in [2.24, 2.45) is 0 Å². The number of rotatable bonds is 12. The SMILES string of the molecule is CCCCO[Si](CCC)(CCC)CCC[N+](C)(C)C. The van der Waals surface area contributed by atoms with Crippen molar-refractivity contribution in [1.29, 1.82) is 0 Å². The lowest BCUT2D eigenvalue weighted by atomic mass is 10.4. The molecule has 19 heavy (non-hydrogen) atoms. The Hall–Kier alpha value is 0.137. The van der Waals surface area contributed by atoms with Gasteiger partial charge in [-0.05, 0) is 31.0 Å². The van der Waals surface area contributed by atoms with Crippen LogP contribution < -0.4 is 0 Å². The molecule has 0 amide bonds. The first kappa shape index (κ1) is 19.1. The predicted molar refractivity (Wildman–Crippen MR) is 89.1 cm³/mol. The standard InChI is InChI=1S/C16H38NOSi/c1-7-10-13-18-19(14-8-2,15-9-3)16-11-12-17(4,5)6/h7-16H2,1-6H3/q+1. The van der Waals surface area contributed by atoms with Gasteiger partial charge in [0.05, 0.1) is 27.7 Å². The van der Waals surface area contributed by atoms with Crippen molar-refractivity contribution < 1.29 is 8.91 Å². The van der Waals surface area contributed by atoms with Crippen molar-refractivity contribution in [1.82, 2.24) is 0 Å². The molecule has 0 spiro atoms. The molecule has 2 nitrogen and oxygen atoms in total. The third-order valence-electron chi connectivity index (χ3n) is 3.78. The van der Waals surface area contributed by atoms with Gasteiger partial charge in [0.15, 0.2) is 8.32 Å². The molecule has 0 bridgehead atoms. The van der Waals surface area contributed by atoms with Crippen LogP contribution in [0.1, 0.15) is 52.9 Å². The maximum atomic E-state index is 6.50. The van der Waals surface area contributed by atoms with E-state index in [0.717, 1.165) is 11.1 Å². The highest BCUT2D eigenvalue weighted by molar-refractivity contribution is 6.73. The molecule has 0 aliphatic heterocycles. The van der Waals surface area contributed by atoms with Crippen molar-refractivity contribution in [3.63, 3.8) is 0 Å². The van der Waals surface area contributed by atoms with Crippen molar-refractivity contribution in [2.45, 2.75) is 71.0 Å². The van der Waals surface area contributed by atoms with E-state index in [0.29, 0.717) is 0 Å². The summed E-state index contributed by atoms with van der Waals surface area (Å²) in [4.78, 5) is 0. The monoisotopic (exact) mass is 288 g/mol. The Morgan fingerprint density at radius 3 is 1.79 bits per heavy atom. The van der Waals surface area contributed by atoms with Gasteiger partial charge in [0.25, 0.3) is 0 Å². The number of hydrogen-bond acceptors (Lipinski definition) is 1. The zero-order valence-electron chi connectivity index (χ0n) is 14.4. The summed E-state index contributed by atoms with van der Waals surface area (Å²) in [6.07, 6.45) is 6.41. The quantitative estimate of drug-likeness (QED) is 0.288. The van der Waals surface area contributed by atoms with Crippen LogP contribution in [0.4, 0.5) is 0 Å². The van der Waals surface area contributed by atoms with Gasteiger partial charge in [-0.25, -0.2) is 0 Å². The summed E-state index contributed by atoms with van der Waals surface area (Å²) >= 11 is 0. The average molecular weight is 289 g/mol. The molecule has 0 aliphatic rings. The number of nitrogens with zero attached hydrogens (tertiary/aromatic N) is 1. The molecule has 3 heteroatoms. The van der Waals surface area contributed by atoms with Gasteiger partial charge in [0, 0.05) is 6.61 Å². The second kappa shape index (κ2) is 9.95. The third-order valence-corrected chi connectivity index (χ3v) is 8.68. The minimum atomic E-state index is -1.44. The molecule has 0 radical (unpaired) electrons. The van der Waals surface area contributed by atoms with Gasteiger partial charge in [-0.3, -0.25) is 0 Å². The van der Waals surface area contributed by atoms with E-state index in [4.69, 9.17) is 4.43 Å². The Morgan fingerprint density at radius 2 is 1.37 bits per heavy atom. The fourth-order valence-electron chi connectivity index (χ4n) is 2.81. The molecular formula is C16H38NOSi+. The van der Waals surface area contributed by atoms with Gasteiger partial charge in [0.1, 0.15) is 0 Å². The summed E-state index contributed by atoms with van der Waals surface area (Å²) < 4.78 is 7.58. The lowest BCUT2D eigenvalue weighted by Crippen LogP contribution is -2.41. The van der Waals surface area contributed by atoms with E-state index in [2.05, 4.69) is 41.9 Å². The summed E-state index contributed by atoms with van der Waals surface area (Å²) in [5, 5.41) is 0. The first-order chi connectivity index (χ1) is 8.89. The second-order valence-electron chi connectivity index (χ2n) is 7.00. The second-order valence-corrected chi connectivity index (χ2v) is 11.2. The minimum Gasteiger partial charge on any atom is -0.417 e. The summed E-state index contributed by atoms with van der Waals surface area (Å²) in [7, 11) is 5.43. The number of quaternary nitrogens is 1. The minimum absolute atomic E-state index is 1.01. The molecule has 0 saturated heterocycles. The Labute approximate surface area is 123 Å². The molecular weight excluding hydrogens is 250 g/mol. The van der Waals surface area contributed by atoms with Crippen molar-refractivity contribution in [3.8, 4) is 0 Å². The first-order valence-corrected chi connectivity index (χ1v) is 10.9. The van der Waals surface area contributed by atoms with E-state index < -0.39 is 8.32 Å². The summed E-state index contributed by atoms with van der Waals surface area (Å²) in [5.74, 6) is 0. The van der Waals surface area contributed by atoms with Crippen LogP contribution in [0.25, 0.3) is 0 Å². The third kappa shape index (κ3) is 9.64. The maximum absolute atomic E-state index is 6.50. The Balaban J connectivity index is 4.42. The van der Waals surface area contributed by atoms with Gasteiger partial charge in [-0.2, -0.15) is 0 Å². The molecule has 0 aromatic rings. The molecule has 0 N–H and O–H groups in total. The molecule has 0 unspecified atom stereocenters.